The highest BCUT2D eigenvalue weighted by Gasteiger charge is 2.40. The van der Waals surface area contributed by atoms with Crippen LogP contribution in [0.5, 0.6) is 0 Å². The summed E-state index contributed by atoms with van der Waals surface area (Å²) >= 11 is 0. The molecule has 2 saturated heterocycles. The van der Waals surface area contributed by atoms with Gasteiger partial charge in [0.25, 0.3) is 0 Å². The minimum Gasteiger partial charge on any atom is -0.381 e. The molecule has 0 amide bonds. The summed E-state index contributed by atoms with van der Waals surface area (Å²) in [5.41, 5.74) is 6.30. The van der Waals surface area contributed by atoms with E-state index in [1.807, 2.05) is 0 Å². The van der Waals surface area contributed by atoms with E-state index in [1.54, 1.807) is 0 Å². The molecule has 0 radical (unpaired) electrons. The molecule has 0 aromatic rings. The zero-order valence-electron chi connectivity index (χ0n) is 10.0. The number of nitrogens with two attached hydrogens (primary N) is 1. The highest BCUT2D eigenvalue weighted by molar-refractivity contribution is 4.95. The summed E-state index contributed by atoms with van der Waals surface area (Å²) in [5.74, 6) is 0.660. The Morgan fingerprint density at radius 2 is 2.33 bits per heavy atom. The predicted octanol–water partition coefficient (Wildman–Crippen LogP) is 1.22. The highest BCUT2D eigenvalue weighted by atomic mass is 16.5. The molecule has 2 heterocycles. The fraction of sp³-hybridized carbons (Fsp3) is 1.00. The van der Waals surface area contributed by atoms with E-state index in [4.69, 9.17) is 10.5 Å². The van der Waals surface area contributed by atoms with Gasteiger partial charge in [-0.2, -0.15) is 0 Å². The van der Waals surface area contributed by atoms with Crippen molar-refractivity contribution in [2.24, 2.45) is 11.7 Å². The molecule has 2 atom stereocenters. The molecule has 2 aliphatic heterocycles. The van der Waals surface area contributed by atoms with Crippen molar-refractivity contribution in [1.82, 2.24) is 4.90 Å². The van der Waals surface area contributed by atoms with Gasteiger partial charge < -0.3 is 10.5 Å². The molecular weight excluding hydrogens is 188 g/mol. The summed E-state index contributed by atoms with van der Waals surface area (Å²) in [6, 6.07) is 0.532. The molecular formula is C12H24N2O. The smallest absolute Gasteiger partial charge is 0.0510 e. The van der Waals surface area contributed by atoms with Crippen LogP contribution >= 0.6 is 0 Å². The van der Waals surface area contributed by atoms with Crippen LogP contribution in [0.4, 0.5) is 0 Å². The summed E-state index contributed by atoms with van der Waals surface area (Å²) in [5, 5.41) is 0. The lowest BCUT2D eigenvalue weighted by Gasteiger charge is -2.40. The first kappa shape index (κ1) is 11.4. The largest absolute Gasteiger partial charge is 0.381 e. The van der Waals surface area contributed by atoms with Crippen molar-refractivity contribution in [3.8, 4) is 0 Å². The van der Waals surface area contributed by atoms with Gasteiger partial charge in [-0.05, 0) is 39.7 Å². The van der Waals surface area contributed by atoms with Crippen LogP contribution < -0.4 is 5.73 Å². The van der Waals surface area contributed by atoms with Gasteiger partial charge in [0.1, 0.15) is 0 Å². The molecule has 2 aliphatic rings. The average molecular weight is 212 g/mol. The molecule has 0 aromatic heterocycles. The van der Waals surface area contributed by atoms with Crippen LogP contribution in [-0.4, -0.2) is 42.8 Å². The third-order valence-corrected chi connectivity index (χ3v) is 4.12. The maximum Gasteiger partial charge on any atom is 0.0510 e. The van der Waals surface area contributed by atoms with E-state index >= 15 is 0 Å². The molecule has 0 saturated carbocycles. The number of rotatable bonds is 3. The molecule has 0 bridgehead atoms. The van der Waals surface area contributed by atoms with Gasteiger partial charge in [0.2, 0.25) is 0 Å². The number of hydrogen-bond donors (Lipinski definition) is 1. The molecule has 2 rings (SSSR count). The molecule has 3 nitrogen and oxygen atoms in total. The number of likely N-dealkylation sites (tertiary alicyclic amines) is 1. The van der Waals surface area contributed by atoms with Crippen molar-refractivity contribution in [3.05, 3.63) is 0 Å². The quantitative estimate of drug-likeness (QED) is 0.764. The van der Waals surface area contributed by atoms with E-state index in [0.29, 0.717) is 17.5 Å². The first-order valence-electron chi connectivity index (χ1n) is 6.20. The van der Waals surface area contributed by atoms with Crippen LogP contribution in [0.3, 0.4) is 0 Å². The monoisotopic (exact) mass is 212 g/mol. The van der Waals surface area contributed by atoms with Gasteiger partial charge >= 0.3 is 0 Å². The Labute approximate surface area is 93.0 Å². The lowest BCUT2D eigenvalue weighted by Crippen LogP contribution is -2.52. The SMILES string of the molecule is CC1(C)CCCN1C(CN)C1CCOC1. The van der Waals surface area contributed by atoms with E-state index < -0.39 is 0 Å². The van der Waals surface area contributed by atoms with Gasteiger partial charge in [0.05, 0.1) is 6.61 Å². The van der Waals surface area contributed by atoms with Gasteiger partial charge in [0, 0.05) is 30.7 Å². The third kappa shape index (κ3) is 2.19. The second-order valence-corrected chi connectivity index (χ2v) is 5.54. The van der Waals surface area contributed by atoms with E-state index in [0.717, 1.165) is 19.8 Å². The summed E-state index contributed by atoms with van der Waals surface area (Å²) in [7, 11) is 0. The number of hydrogen-bond acceptors (Lipinski definition) is 3. The maximum absolute atomic E-state index is 5.96. The first-order valence-corrected chi connectivity index (χ1v) is 6.20. The average Bonchev–Trinajstić information content (AvgIpc) is 2.78. The molecule has 0 aromatic carbocycles. The minimum atomic E-state index is 0.340. The summed E-state index contributed by atoms with van der Waals surface area (Å²) < 4.78 is 5.49. The molecule has 88 valence electrons. The Kier molecular flexibility index (Phi) is 3.33. The molecule has 2 fully saturated rings. The number of nitrogens with zero attached hydrogens (tertiary/aromatic N) is 1. The van der Waals surface area contributed by atoms with E-state index in [1.165, 1.54) is 25.8 Å². The second-order valence-electron chi connectivity index (χ2n) is 5.54. The van der Waals surface area contributed by atoms with E-state index in [-0.39, 0.29) is 0 Å². The second kappa shape index (κ2) is 4.40. The van der Waals surface area contributed by atoms with Crippen LogP contribution in [0.25, 0.3) is 0 Å². The maximum atomic E-state index is 5.96. The molecule has 0 spiro atoms. The normalized spacial score (nSPS) is 33.4. The van der Waals surface area contributed by atoms with Crippen LogP contribution in [0.15, 0.2) is 0 Å². The van der Waals surface area contributed by atoms with Gasteiger partial charge in [-0.1, -0.05) is 0 Å². The van der Waals surface area contributed by atoms with Crippen molar-refractivity contribution < 1.29 is 4.74 Å². The Balaban J connectivity index is 2.05. The molecule has 0 aliphatic carbocycles. The summed E-state index contributed by atoms with van der Waals surface area (Å²) in [6.07, 6.45) is 3.81. The fourth-order valence-corrected chi connectivity index (χ4v) is 3.17. The van der Waals surface area contributed by atoms with Crippen molar-refractivity contribution in [3.63, 3.8) is 0 Å². The molecule has 15 heavy (non-hydrogen) atoms. The lowest BCUT2D eigenvalue weighted by atomic mass is 9.93. The first-order chi connectivity index (χ1) is 7.15. The van der Waals surface area contributed by atoms with Crippen molar-refractivity contribution in [2.75, 3.05) is 26.3 Å². The van der Waals surface area contributed by atoms with Crippen LogP contribution in [0.2, 0.25) is 0 Å². The van der Waals surface area contributed by atoms with Crippen molar-refractivity contribution in [2.45, 2.75) is 44.7 Å². The Morgan fingerprint density at radius 3 is 2.80 bits per heavy atom. The zero-order chi connectivity index (χ0) is 10.9. The van der Waals surface area contributed by atoms with Crippen LogP contribution in [-0.2, 0) is 4.74 Å². The molecule has 2 unspecified atom stereocenters. The lowest BCUT2D eigenvalue weighted by molar-refractivity contribution is 0.0727. The van der Waals surface area contributed by atoms with Crippen molar-refractivity contribution >= 4 is 0 Å². The fourth-order valence-electron chi connectivity index (χ4n) is 3.17. The van der Waals surface area contributed by atoms with Gasteiger partial charge in [-0.3, -0.25) is 4.90 Å². The molecule has 3 heteroatoms. The van der Waals surface area contributed by atoms with Gasteiger partial charge in [0.15, 0.2) is 0 Å². The Morgan fingerprint density at radius 1 is 1.53 bits per heavy atom. The van der Waals surface area contributed by atoms with Gasteiger partial charge in [-0.25, -0.2) is 0 Å². The third-order valence-electron chi connectivity index (χ3n) is 4.12. The molecule has 2 N–H and O–H groups in total. The Hall–Kier alpha value is -0.120. The highest BCUT2D eigenvalue weighted by Crippen LogP contribution is 2.34. The Bertz CT molecular complexity index is 212. The summed E-state index contributed by atoms with van der Waals surface area (Å²) in [4.78, 5) is 2.62. The summed E-state index contributed by atoms with van der Waals surface area (Å²) in [6.45, 7) is 8.52. The number of ether oxygens (including phenoxy) is 1. The predicted molar refractivity (Wildman–Crippen MR) is 61.8 cm³/mol. The zero-order valence-corrected chi connectivity index (χ0v) is 10.0. The van der Waals surface area contributed by atoms with Crippen molar-refractivity contribution in [1.29, 1.82) is 0 Å². The minimum absolute atomic E-state index is 0.340. The van der Waals surface area contributed by atoms with Gasteiger partial charge in [-0.15, -0.1) is 0 Å². The van der Waals surface area contributed by atoms with E-state index in [9.17, 15) is 0 Å². The van der Waals surface area contributed by atoms with E-state index in [2.05, 4.69) is 18.7 Å². The van der Waals surface area contributed by atoms with Crippen LogP contribution in [0, 0.1) is 5.92 Å². The van der Waals surface area contributed by atoms with Crippen LogP contribution in [0.1, 0.15) is 33.1 Å². The standard InChI is InChI=1S/C12H24N2O/c1-12(2)5-3-6-14(12)11(8-13)10-4-7-15-9-10/h10-11H,3-9,13H2,1-2H3. The topological polar surface area (TPSA) is 38.5 Å².